The lowest BCUT2D eigenvalue weighted by Crippen LogP contribution is -2.49. The number of methoxy groups -OCH3 is 1. The summed E-state index contributed by atoms with van der Waals surface area (Å²) in [5.41, 5.74) is 0.640. The van der Waals surface area contributed by atoms with E-state index in [4.69, 9.17) is 4.74 Å². The van der Waals surface area contributed by atoms with Crippen LogP contribution in [0, 0.1) is 6.92 Å². The van der Waals surface area contributed by atoms with Crippen LogP contribution in [-0.4, -0.2) is 69.8 Å². The molecule has 154 valence electrons. The molecule has 0 saturated carbocycles. The summed E-state index contributed by atoms with van der Waals surface area (Å²) in [5, 5.41) is 8.64. The van der Waals surface area contributed by atoms with Crippen molar-refractivity contribution in [2.75, 3.05) is 38.2 Å². The van der Waals surface area contributed by atoms with Gasteiger partial charge in [0.2, 0.25) is 0 Å². The molecule has 1 amide bonds. The Morgan fingerprint density at radius 3 is 2.20 bits per heavy atom. The minimum Gasteiger partial charge on any atom is -0.465 e. The van der Waals surface area contributed by atoms with E-state index in [9.17, 15) is 9.59 Å². The van der Waals surface area contributed by atoms with Crippen LogP contribution in [0.25, 0.3) is 5.82 Å². The lowest BCUT2D eigenvalue weighted by molar-refractivity contribution is 0.0589. The highest BCUT2D eigenvalue weighted by molar-refractivity contribution is 6.05. The van der Waals surface area contributed by atoms with Gasteiger partial charge in [0.25, 0.3) is 5.91 Å². The molecular formula is C21H22N6O3. The van der Waals surface area contributed by atoms with E-state index in [1.165, 1.54) is 7.11 Å². The van der Waals surface area contributed by atoms with E-state index in [0.717, 1.165) is 11.6 Å². The molecule has 0 spiro atoms. The van der Waals surface area contributed by atoms with Gasteiger partial charge in [-0.3, -0.25) is 9.36 Å². The molecule has 30 heavy (non-hydrogen) atoms. The van der Waals surface area contributed by atoms with Crippen molar-refractivity contribution in [3.63, 3.8) is 0 Å². The number of ether oxygens (including phenoxy) is 1. The molecule has 4 rings (SSSR count). The normalized spacial score (nSPS) is 13.9. The second-order valence-corrected chi connectivity index (χ2v) is 6.91. The first kappa shape index (κ1) is 19.6. The first-order valence-corrected chi connectivity index (χ1v) is 9.64. The lowest BCUT2D eigenvalue weighted by atomic mass is 10.1. The fraction of sp³-hybridized carbons (Fsp3) is 0.286. The number of imidazole rings is 1. The van der Waals surface area contributed by atoms with E-state index < -0.39 is 5.97 Å². The Labute approximate surface area is 173 Å². The monoisotopic (exact) mass is 406 g/mol. The number of rotatable bonds is 4. The summed E-state index contributed by atoms with van der Waals surface area (Å²) in [7, 11) is 1.31. The molecule has 0 N–H and O–H groups in total. The number of carbonyl (C=O) groups excluding carboxylic acids is 2. The predicted molar refractivity (Wildman–Crippen MR) is 110 cm³/mol. The molecule has 3 aromatic rings. The average Bonchev–Trinajstić information content (AvgIpc) is 3.24. The van der Waals surface area contributed by atoms with Crippen molar-refractivity contribution < 1.29 is 14.3 Å². The standard InChI is InChI=1S/C21H22N6O3/c1-15-22-9-10-27(15)19-8-7-18(23-24-19)25-11-13-26(14-12-25)20(28)16-5-3-4-6-17(16)21(29)30-2/h3-10H,11-14H2,1-2H3. The average molecular weight is 406 g/mol. The number of amides is 1. The highest BCUT2D eigenvalue weighted by Gasteiger charge is 2.26. The summed E-state index contributed by atoms with van der Waals surface area (Å²) in [6.07, 6.45) is 3.56. The zero-order chi connectivity index (χ0) is 21.1. The van der Waals surface area contributed by atoms with Crippen molar-refractivity contribution in [2.45, 2.75) is 6.92 Å². The van der Waals surface area contributed by atoms with Gasteiger partial charge in [0, 0.05) is 38.6 Å². The summed E-state index contributed by atoms with van der Waals surface area (Å²) < 4.78 is 6.66. The Morgan fingerprint density at radius 2 is 1.60 bits per heavy atom. The fourth-order valence-electron chi connectivity index (χ4n) is 3.50. The van der Waals surface area contributed by atoms with Gasteiger partial charge in [-0.2, -0.15) is 0 Å². The van der Waals surface area contributed by atoms with Crippen molar-refractivity contribution in [1.82, 2.24) is 24.6 Å². The predicted octanol–water partition coefficient (Wildman–Crippen LogP) is 1.72. The van der Waals surface area contributed by atoms with Gasteiger partial charge in [-0.05, 0) is 31.2 Å². The maximum absolute atomic E-state index is 13.0. The van der Waals surface area contributed by atoms with Crippen molar-refractivity contribution in [2.24, 2.45) is 0 Å². The van der Waals surface area contributed by atoms with Crippen LogP contribution in [0.15, 0.2) is 48.8 Å². The van der Waals surface area contributed by atoms with Crippen molar-refractivity contribution in [3.05, 3.63) is 65.7 Å². The van der Waals surface area contributed by atoms with Gasteiger partial charge in [0.05, 0.1) is 18.2 Å². The molecule has 1 saturated heterocycles. The molecule has 9 heteroatoms. The van der Waals surface area contributed by atoms with Crippen LogP contribution in [0.2, 0.25) is 0 Å². The number of anilines is 1. The maximum Gasteiger partial charge on any atom is 0.338 e. The van der Waals surface area contributed by atoms with Crippen LogP contribution in [-0.2, 0) is 4.74 Å². The Balaban J connectivity index is 1.43. The molecule has 0 bridgehead atoms. The second kappa shape index (κ2) is 8.32. The van der Waals surface area contributed by atoms with E-state index >= 15 is 0 Å². The van der Waals surface area contributed by atoms with Crippen molar-refractivity contribution in [1.29, 1.82) is 0 Å². The molecule has 1 aliphatic heterocycles. The summed E-state index contributed by atoms with van der Waals surface area (Å²) >= 11 is 0. The zero-order valence-corrected chi connectivity index (χ0v) is 16.9. The molecule has 2 aromatic heterocycles. The van der Waals surface area contributed by atoms with Crippen LogP contribution in [0.3, 0.4) is 0 Å². The molecule has 1 aromatic carbocycles. The summed E-state index contributed by atoms with van der Waals surface area (Å²) in [6, 6.07) is 10.5. The van der Waals surface area contributed by atoms with Crippen LogP contribution in [0.5, 0.6) is 0 Å². The van der Waals surface area contributed by atoms with E-state index in [0.29, 0.717) is 37.6 Å². The number of aromatic nitrogens is 4. The lowest BCUT2D eigenvalue weighted by Gasteiger charge is -2.35. The number of benzene rings is 1. The molecule has 0 atom stereocenters. The third-order valence-electron chi connectivity index (χ3n) is 5.16. The molecule has 1 fully saturated rings. The Morgan fingerprint density at radius 1 is 0.933 bits per heavy atom. The smallest absolute Gasteiger partial charge is 0.338 e. The van der Waals surface area contributed by atoms with Gasteiger partial charge in [-0.15, -0.1) is 10.2 Å². The summed E-state index contributed by atoms with van der Waals surface area (Å²) in [4.78, 5) is 33.0. The number of hydrogen-bond acceptors (Lipinski definition) is 7. The first-order valence-electron chi connectivity index (χ1n) is 9.64. The maximum atomic E-state index is 13.0. The highest BCUT2D eigenvalue weighted by atomic mass is 16.5. The molecular weight excluding hydrogens is 384 g/mol. The minimum atomic E-state index is -0.513. The summed E-state index contributed by atoms with van der Waals surface area (Å²) in [6.45, 7) is 4.22. The van der Waals surface area contributed by atoms with Gasteiger partial charge in [-0.1, -0.05) is 12.1 Å². The number of aryl methyl sites for hydroxylation is 1. The van der Waals surface area contributed by atoms with E-state index in [-0.39, 0.29) is 11.5 Å². The first-order chi connectivity index (χ1) is 14.6. The quantitative estimate of drug-likeness (QED) is 0.609. The number of hydrogen-bond donors (Lipinski definition) is 0. The van der Waals surface area contributed by atoms with E-state index in [2.05, 4.69) is 20.1 Å². The second-order valence-electron chi connectivity index (χ2n) is 6.91. The van der Waals surface area contributed by atoms with Crippen LogP contribution >= 0.6 is 0 Å². The number of piperazine rings is 1. The molecule has 9 nitrogen and oxygen atoms in total. The van der Waals surface area contributed by atoms with Gasteiger partial charge in [0.1, 0.15) is 5.82 Å². The number of esters is 1. The van der Waals surface area contributed by atoms with Gasteiger partial charge < -0.3 is 14.5 Å². The molecule has 0 radical (unpaired) electrons. The van der Waals surface area contributed by atoms with Gasteiger partial charge >= 0.3 is 5.97 Å². The Hall–Kier alpha value is -3.75. The summed E-state index contributed by atoms with van der Waals surface area (Å²) in [5.74, 6) is 1.63. The van der Waals surface area contributed by atoms with Gasteiger partial charge in [0.15, 0.2) is 11.6 Å². The zero-order valence-electron chi connectivity index (χ0n) is 16.9. The van der Waals surface area contributed by atoms with E-state index in [1.807, 2.05) is 29.8 Å². The van der Waals surface area contributed by atoms with Crippen LogP contribution in [0.1, 0.15) is 26.5 Å². The molecule has 0 unspecified atom stereocenters. The number of nitrogens with zero attached hydrogens (tertiary/aromatic N) is 6. The number of carbonyl (C=O) groups is 2. The van der Waals surface area contributed by atoms with Crippen LogP contribution in [0.4, 0.5) is 5.82 Å². The van der Waals surface area contributed by atoms with Crippen molar-refractivity contribution >= 4 is 17.7 Å². The van der Waals surface area contributed by atoms with Gasteiger partial charge in [-0.25, -0.2) is 9.78 Å². The molecule has 0 aliphatic carbocycles. The SMILES string of the molecule is COC(=O)c1ccccc1C(=O)N1CCN(c2ccc(-n3ccnc3C)nn2)CC1. The molecule has 1 aliphatic rings. The highest BCUT2D eigenvalue weighted by Crippen LogP contribution is 2.18. The Kier molecular flexibility index (Phi) is 5.42. The molecule has 3 heterocycles. The van der Waals surface area contributed by atoms with Crippen LogP contribution < -0.4 is 4.90 Å². The van der Waals surface area contributed by atoms with E-state index in [1.54, 1.807) is 35.4 Å². The van der Waals surface area contributed by atoms with Crippen molar-refractivity contribution in [3.8, 4) is 5.82 Å². The third-order valence-corrected chi connectivity index (χ3v) is 5.16. The Bertz CT molecular complexity index is 1050. The minimum absolute atomic E-state index is 0.173. The largest absolute Gasteiger partial charge is 0.465 e. The third kappa shape index (κ3) is 3.73. The fourth-order valence-corrected chi connectivity index (χ4v) is 3.50. The topological polar surface area (TPSA) is 93.5 Å².